The second-order valence-electron chi connectivity index (χ2n) is 5.69. The Bertz CT molecular complexity index is 308. The van der Waals surface area contributed by atoms with Crippen LogP contribution in [0.25, 0.3) is 0 Å². The molecule has 0 atom stereocenters. The van der Waals surface area contributed by atoms with Gasteiger partial charge >= 0.3 is 0 Å². The molecule has 2 nitrogen and oxygen atoms in total. The maximum absolute atomic E-state index is 6.05. The molecule has 3 heteroatoms. The van der Waals surface area contributed by atoms with Gasteiger partial charge in [-0.1, -0.05) is 27.7 Å². The van der Waals surface area contributed by atoms with Crippen molar-refractivity contribution in [2.45, 2.75) is 53.2 Å². The van der Waals surface area contributed by atoms with Crippen molar-refractivity contribution in [3.05, 3.63) is 17.9 Å². The van der Waals surface area contributed by atoms with Gasteiger partial charge in [0.05, 0.1) is 34.6 Å². The first-order chi connectivity index (χ1) is 7.99. The lowest BCUT2D eigenvalue weighted by Crippen LogP contribution is -2.19. The van der Waals surface area contributed by atoms with E-state index >= 15 is 0 Å². The fraction of sp³-hybridized carbons (Fsp3) is 0.714. The Morgan fingerprint density at radius 1 is 1.18 bits per heavy atom. The van der Waals surface area contributed by atoms with Crippen molar-refractivity contribution in [3.8, 4) is 0 Å². The van der Waals surface area contributed by atoms with E-state index in [1.165, 1.54) is 5.56 Å². The minimum Gasteiger partial charge on any atom is -0.475 e. The summed E-state index contributed by atoms with van der Waals surface area (Å²) in [5, 5.41) is 1.11. The van der Waals surface area contributed by atoms with Crippen molar-refractivity contribution in [2.75, 3.05) is 0 Å². The van der Waals surface area contributed by atoms with E-state index in [-0.39, 0.29) is 0 Å². The molecule has 1 aromatic rings. The highest BCUT2D eigenvalue weighted by Gasteiger charge is 2.14. The first-order valence-electron chi connectivity index (χ1n) is 6.63. The van der Waals surface area contributed by atoms with Crippen molar-refractivity contribution in [1.29, 1.82) is 0 Å². The summed E-state index contributed by atoms with van der Waals surface area (Å²) in [6.45, 7) is 9.73. The molecule has 0 aliphatic heterocycles. The van der Waals surface area contributed by atoms with Gasteiger partial charge in [-0.3, -0.25) is 0 Å². The van der Waals surface area contributed by atoms with Gasteiger partial charge in [0.15, 0.2) is 0 Å². The molecule has 98 valence electrons. The van der Waals surface area contributed by atoms with Crippen molar-refractivity contribution in [2.24, 2.45) is 11.8 Å². The Morgan fingerprint density at radius 2 is 1.76 bits per heavy atom. The molecule has 1 aromatic heterocycles. The fourth-order valence-corrected chi connectivity index (χ4v) is 2.50. The SMILES string of the molecule is CC(C)CC(CC(C)C)OCc1ccoc1[SiH3]. The molecule has 0 fully saturated rings. The van der Waals surface area contributed by atoms with Crippen LogP contribution in [0, 0.1) is 11.8 Å². The highest BCUT2D eigenvalue weighted by Crippen LogP contribution is 2.18. The van der Waals surface area contributed by atoms with Gasteiger partial charge in [-0.05, 0) is 30.7 Å². The first-order valence-corrected chi connectivity index (χ1v) is 7.63. The molecule has 0 radical (unpaired) electrons. The maximum Gasteiger partial charge on any atom is 0.0903 e. The summed E-state index contributed by atoms with van der Waals surface area (Å²) in [6, 6.07) is 2.03. The third kappa shape index (κ3) is 5.55. The molecule has 0 aliphatic carbocycles. The third-order valence-electron chi connectivity index (χ3n) is 2.91. The van der Waals surface area contributed by atoms with Crippen LogP contribution in [0.15, 0.2) is 16.7 Å². The minimum absolute atomic E-state index is 0.381. The lowest BCUT2D eigenvalue weighted by Gasteiger charge is -2.21. The molecular formula is C14H26O2Si. The van der Waals surface area contributed by atoms with Crippen LogP contribution in [-0.2, 0) is 11.3 Å². The predicted molar refractivity (Wildman–Crippen MR) is 75.8 cm³/mol. The number of rotatable bonds is 7. The molecular weight excluding hydrogens is 228 g/mol. The monoisotopic (exact) mass is 254 g/mol. The Labute approximate surface area is 108 Å². The van der Waals surface area contributed by atoms with Gasteiger partial charge in [0.2, 0.25) is 0 Å². The van der Waals surface area contributed by atoms with E-state index in [9.17, 15) is 0 Å². The Hall–Kier alpha value is -0.543. The van der Waals surface area contributed by atoms with Gasteiger partial charge in [0.1, 0.15) is 0 Å². The summed E-state index contributed by atoms with van der Waals surface area (Å²) in [5.41, 5.74) is 1.23. The summed E-state index contributed by atoms with van der Waals surface area (Å²) in [4.78, 5) is 0. The van der Waals surface area contributed by atoms with E-state index in [1.807, 2.05) is 6.07 Å². The predicted octanol–water partition coefficient (Wildman–Crippen LogP) is 2.25. The highest BCUT2D eigenvalue weighted by molar-refractivity contribution is 6.30. The average molecular weight is 254 g/mol. The summed E-state index contributed by atoms with van der Waals surface area (Å²) in [6.07, 6.45) is 4.44. The molecule has 1 rings (SSSR count). The molecule has 0 amide bonds. The van der Waals surface area contributed by atoms with Gasteiger partial charge in [-0.25, -0.2) is 0 Å². The topological polar surface area (TPSA) is 22.4 Å². The van der Waals surface area contributed by atoms with Crippen LogP contribution in [0.2, 0.25) is 0 Å². The number of hydrogen-bond donors (Lipinski definition) is 0. The minimum atomic E-state index is 0.381. The second-order valence-corrected chi connectivity index (χ2v) is 6.60. The smallest absolute Gasteiger partial charge is 0.0903 e. The van der Waals surface area contributed by atoms with Crippen LogP contribution in [0.5, 0.6) is 0 Å². The third-order valence-corrected chi connectivity index (χ3v) is 3.79. The summed E-state index contributed by atoms with van der Waals surface area (Å²) < 4.78 is 11.4. The van der Waals surface area contributed by atoms with Gasteiger partial charge in [0.25, 0.3) is 0 Å². The Balaban J connectivity index is 2.45. The van der Waals surface area contributed by atoms with Gasteiger partial charge in [-0.2, -0.15) is 0 Å². The lowest BCUT2D eigenvalue weighted by atomic mass is 9.98. The van der Waals surface area contributed by atoms with Crippen LogP contribution in [0.3, 0.4) is 0 Å². The summed E-state index contributed by atoms with van der Waals surface area (Å²) >= 11 is 0. The van der Waals surface area contributed by atoms with E-state index < -0.39 is 0 Å². The van der Waals surface area contributed by atoms with Crippen molar-refractivity contribution in [1.82, 2.24) is 0 Å². The van der Waals surface area contributed by atoms with Gasteiger partial charge in [0, 0.05) is 5.56 Å². The van der Waals surface area contributed by atoms with E-state index in [0.717, 1.165) is 28.5 Å². The van der Waals surface area contributed by atoms with E-state index in [4.69, 9.17) is 9.15 Å². The van der Waals surface area contributed by atoms with Crippen LogP contribution in [0.4, 0.5) is 0 Å². The number of furan rings is 1. The molecule has 1 heterocycles. The molecule has 17 heavy (non-hydrogen) atoms. The quantitative estimate of drug-likeness (QED) is 0.696. The van der Waals surface area contributed by atoms with Crippen molar-refractivity contribution >= 4 is 15.6 Å². The zero-order valence-electron chi connectivity index (χ0n) is 11.8. The van der Waals surface area contributed by atoms with Crippen molar-refractivity contribution < 1.29 is 9.15 Å². The van der Waals surface area contributed by atoms with E-state index in [0.29, 0.717) is 24.5 Å². The zero-order valence-corrected chi connectivity index (χ0v) is 13.8. The molecule has 0 spiro atoms. The summed E-state index contributed by atoms with van der Waals surface area (Å²) in [5.74, 6) is 1.39. The highest BCUT2D eigenvalue weighted by atomic mass is 28.1. The van der Waals surface area contributed by atoms with Crippen LogP contribution in [0.1, 0.15) is 46.1 Å². The molecule has 0 aromatic carbocycles. The number of hydrogen-bond acceptors (Lipinski definition) is 2. The Morgan fingerprint density at radius 3 is 2.18 bits per heavy atom. The van der Waals surface area contributed by atoms with Crippen LogP contribution >= 0.6 is 0 Å². The largest absolute Gasteiger partial charge is 0.475 e. The molecule has 0 bridgehead atoms. The lowest BCUT2D eigenvalue weighted by molar-refractivity contribution is 0.0144. The Kier molecular flexibility index (Phi) is 5.99. The zero-order chi connectivity index (χ0) is 12.8. The fourth-order valence-electron chi connectivity index (χ4n) is 2.05. The molecule has 0 saturated heterocycles. The van der Waals surface area contributed by atoms with Crippen molar-refractivity contribution in [3.63, 3.8) is 0 Å². The molecule has 0 aliphatic rings. The van der Waals surface area contributed by atoms with Crippen LogP contribution in [-0.4, -0.2) is 16.3 Å². The second kappa shape index (κ2) is 7.02. The molecule has 0 N–H and O–H groups in total. The van der Waals surface area contributed by atoms with Gasteiger partial charge in [-0.15, -0.1) is 0 Å². The van der Waals surface area contributed by atoms with E-state index in [1.54, 1.807) is 6.26 Å². The molecule has 0 saturated carbocycles. The van der Waals surface area contributed by atoms with Crippen LogP contribution < -0.4 is 5.38 Å². The molecule has 0 unspecified atom stereocenters. The van der Waals surface area contributed by atoms with E-state index in [2.05, 4.69) is 27.7 Å². The average Bonchev–Trinajstić information content (AvgIpc) is 2.59. The van der Waals surface area contributed by atoms with Gasteiger partial charge < -0.3 is 9.15 Å². The maximum atomic E-state index is 6.05. The number of ether oxygens (including phenoxy) is 1. The first kappa shape index (κ1) is 14.5. The summed E-state index contributed by atoms with van der Waals surface area (Å²) in [7, 11) is 0.958. The normalized spacial score (nSPS) is 12.2. The standard InChI is InChI=1S/C14H26O2Si/c1-10(2)7-13(8-11(3)4)16-9-12-5-6-15-14(12)17/h5-6,10-11,13H,7-9H2,1-4,17H3.